The van der Waals surface area contributed by atoms with Crippen molar-refractivity contribution < 1.29 is 22.7 Å². The molecule has 2 aromatic heterocycles. The lowest BCUT2D eigenvalue weighted by Crippen LogP contribution is -2.45. The Morgan fingerprint density at radius 3 is 2.64 bits per heavy atom. The summed E-state index contributed by atoms with van der Waals surface area (Å²) >= 11 is 0. The van der Waals surface area contributed by atoms with E-state index in [0.29, 0.717) is 80.9 Å². The molecule has 0 aliphatic carbocycles. The SMILES string of the molecule is CCN1c2ncc(CCOc3cccc4c3CCS(=O)(=O)N4CCN3CCOCC3)cc2C(=O)N(C)c2cccnc21. The van der Waals surface area contributed by atoms with Crippen LogP contribution in [0.3, 0.4) is 0 Å². The predicted octanol–water partition coefficient (Wildman–Crippen LogP) is 2.87. The number of carbonyl (C=O) groups excluding carboxylic acids is 1. The molecule has 0 radical (unpaired) electrons. The van der Waals surface area contributed by atoms with Crippen molar-refractivity contribution in [1.82, 2.24) is 14.9 Å². The number of ether oxygens (including phenoxy) is 2. The number of hydrogen-bond donors (Lipinski definition) is 0. The van der Waals surface area contributed by atoms with Gasteiger partial charge in [0.15, 0.2) is 5.82 Å². The van der Waals surface area contributed by atoms with E-state index in [9.17, 15) is 13.2 Å². The topological polar surface area (TPSA) is 108 Å². The number of nitrogens with zero attached hydrogens (tertiary/aromatic N) is 6. The lowest BCUT2D eigenvalue weighted by Gasteiger charge is -2.34. The van der Waals surface area contributed by atoms with Crippen molar-refractivity contribution in [2.24, 2.45) is 0 Å². The van der Waals surface area contributed by atoms with E-state index < -0.39 is 10.0 Å². The molecule has 222 valence electrons. The number of carbonyl (C=O) groups is 1. The van der Waals surface area contributed by atoms with E-state index in [-0.39, 0.29) is 11.7 Å². The average Bonchev–Trinajstić information content (AvgIpc) is 3.09. The summed E-state index contributed by atoms with van der Waals surface area (Å²) in [5.74, 6) is 1.90. The lowest BCUT2D eigenvalue weighted by molar-refractivity contribution is 0.0395. The molecule has 3 aromatic rings. The molecule has 3 aliphatic rings. The zero-order valence-electron chi connectivity index (χ0n) is 24.0. The van der Waals surface area contributed by atoms with Gasteiger partial charge in [-0.2, -0.15) is 0 Å². The molecular weight excluding hydrogens is 556 g/mol. The van der Waals surface area contributed by atoms with Gasteiger partial charge in [0.1, 0.15) is 11.6 Å². The van der Waals surface area contributed by atoms with Gasteiger partial charge < -0.3 is 19.3 Å². The molecule has 3 aliphatic heterocycles. The standard InChI is InChI=1S/C30H36N6O5S/c1-3-35-28-24(30(37)33(2)26-7-5-11-31-29(26)35)20-22(21-32-28)9-16-41-27-8-4-6-25-23(27)10-19-42(38,39)36(25)13-12-34-14-17-40-18-15-34/h4-8,11,20-21H,3,9-10,12-19H2,1-2H3. The van der Waals surface area contributed by atoms with Crippen LogP contribution in [0.2, 0.25) is 0 Å². The van der Waals surface area contributed by atoms with Crippen molar-refractivity contribution in [1.29, 1.82) is 0 Å². The van der Waals surface area contributed by atoms with Crippen molar-refractivity contribution in [2.45, 2.75) is 19.8 Å². The Labute approximate surface area is 246 Å². The number of amides is 1. The summed E-state index contributed by atoms with van der Waals surface area (Å²) < 4.78 is 39.3. The molecule has 6 rings (SSSR count). The number of morpholine rings is 1. The molecule has 0 spiro atoms. The molecule has 42 heavy (non-hydrogen) atoms. The van der Waals surface area contributed by atoms with Crippen LogP contribution < -0.4 is 18.8 Å². The molecule has 0 unspecified atom stereocenters. The summed E-state index contributed by atoms with van der Waals surface area (Å²) in [4.78, 5) is 28.5. The van der Waals surface area contributed by atoms with Gasteiger partial charge in [-0.25, -0.2) is 18.4 Å². The van der Waals surface area contributed by atoms with E-state index in [0.717, 1.165) is 29.9 Å². The summed E-state index contributed by atoms with van der Waals surface area (Å²) in [6.45, 7) is 7.01. The monoisotopic (exact) mass is 592 g/mol. The fourth-order valence-corrected chi connectivity index (χ4v) is 7.33. The van der Waals surface area contributed by atoms with Crippen LogP contribution in [0.25, 0.3) is 0 Å². The Hall–Kier alpha value is -3.74. The first kappa shape index (κ1) is 28.4. The van der Waals surface area contributed by atoms with Crippen molar-refractivity contribution in [3.8, 4) is 5.75 Å². The Balaban J connectivity index is 1.18. The second-order valence-electron chi connectivity index (χ2n) is 10.6. The van der Waals surface area contributed by atoms with Crippen LogP contribution in [-0.4, -0.2) is 94.5 Å². The van der Waals surface area contributed by atoms with Gasteiger partial charge in [-0.1, -0.05) is 6.07 Å². The lowest BCUT2D eigenvalue weighted by atomic mass is 10.1. The molecule has 12 heteroatoms. The first-order valence-corrected chi connectivity index (χ1v) is 16.0. The van der Waals surface area contributed by atoms with Gasteiger partial charge in [0.25, 0.3) is 5.91 Å². The molecule has 5 heterocycles. The van der Waals surface area contributed by atoms with E-state index in [1.807, 2.05) is 48.2 Å². The molecule has 0 N–H and O–H groups in total. The first-order valence-electron chi connectivity index (χ1n) is 14.4. The Morgan fingerprint density at radius 1 is 1.02 bits per heavy atom. The van der Waals surface area contributed by atoms with Crippen LogP contribution in [0.5, 0.6) is 5.75 Å². The van der Waals surface area contributed by atoms with Crippen LogP contribution >= 0.6 is 0 Å². The van der Waals surface area contributed by atoms with E-state index in [2.05, 4.69) is 9.88 Å². The normalized spacial score (nSPS) is 18.2. The van der Waals surface area contributed by atoms with E-state index >= 15 is 0 Å². The van der Waals surface area contributed by atoms with Gasteiger partial charge in [0.2, 0.25) is 10.0 Å². The third-order valence-electron chi connectivity index (χ3n) is 8.11. The smallest absolute Gasteiger partial charge is 0.261 e. The number of aromatic nitrogens is 2. The maximum Gasteiger partial charge on any atom is 0.261 e. The summed E-state index contributed by atoms with van der Waals surface area (Å²) in [6, 6.07) is 11.2. The largest absolute Gasteiger partial charge is 0.493 e. The molecular formula is C30H36N6O5S. The zero-order valence-corrected chi connectivity index (χ0v) is 24.8. The van der Waals surface area contributed by atoms with Crippen molar-refractivity contribution >= 4 is 38.9 Å². The van der Waals surface area contributed by atoms with Gasteiger partial charge in [0.05, 0.1) is 42.5 Å². The minimum absolute atomic E-state index is 0.0546. The van der Waals surface area contributed by atoms with Crippen LogP contribution in [0, 0.1) is 0 Å². The van der Waals surface area contributed by atoms with Crippen molar-refractivity contribution in [2.75, 3.05) is 79.4 Å². The molecule has 1 amide bonds. The summed E-state index contributed by atoms with van der Waals surface area (Å²) in [7, 11) is -1.64. The fourth-order valence-electron chi connectivity index (χ4n) is 5.82. The number of rotatable bonds is 8. The average molecular weight is 593 g/mol. The summed E-state index contributed by atoms with van der Waals surface area (Å²) in [5.41, 5.74) is 3.75. The molecule has 1 aromatic carbocycles. The van der Waals surface area contributed by atoms with E-state index in [1.54, 1.807) is 28.6 Å². The summed E-state index contributed by atoms with van der Waals surface area (Å²) in [5, 5.41) is 0. The quantitative estimate of drug-likeness (QED) is 0.390. The van der Waals surface area contributed by atoms with Gasteiger partial charge in [0, 0.05) is 64.1 Å². The predicted molar refractivity (Wildman–Crippen MR) is 162 cm³/mol. The van der Waals surface area contributed by atoms with Crippen LogP contribution in [-0.2, 0) is 27.6 Å². The van der Waals surface area contributed by atoms with Gasteiger partial charge >= 0.3 is 0 Å². The van der Waals surface area contributed by atoms with Crippen molar-refractivity contribution in [3.05, 3.63) is 65.5 Å². The first-order chi connectivity index (χ1) is 20.4. The minimum Gasteiger partial charge on any atom is -0.493 e. The molecule has 0 bridgehead atoms. The molecule has 1 saturated heterocycles. The second-order valence-corrected chi connectivity index (χ2v) is 12.6. The number of anilines is 4. The Morgan fingerprint density at radius 2 is 1.83 bits per heavy atom. The number of fused-ring (bicyclic) bond motifs is 3. The molecule has 1 fully saturated rings. The van der Waals surface area contributed by atoms with Gasteiger partial charge in [-0.15, -0.1) is 0 Å². The van der Waals surface area contributed by atoms with Crippen LogP contribution in [0.1, 0.15) is 28.4 Å². The Bertz CT molecular complexity index is 1580. The molecule has 11 nitrogen and oxygen atoms in total. The maximum atomic E-state index is 13.4. The zero-order chi connectivity index (χ0) is 29.3. The Kier molecular flexibility index (Phi) is 8.02. The highest BCUT2D eigenvalue weighted by Gasteiger charge is 2.33. The number of sulfonamides is 1. The minimum atomic E-state index is -3.40. The van der Waals surface area contributed by atoms with Gasteiger partial charge in [-0.05, 0) is 49.2 Å². The van der Waals surface area contributed by atoms with E-state index in [1.165, 1.54) is 0 Å². The third-order valence-corrected chi connectivity index (χ3v) is 9.88. The highest BCUT2D eigenvalue weighted by Crippen LogP contribution is 2.38. The fraction of sp³-hybridized carbons (Fsp3) is 0.433. The van der Waals surface area contributed by atoms with E-state index in [4.69, 9.17) is 14.5 Å². The van der Waals surface area contributed by atoms with Gasteiger partial charge in [-0.3, -0.25) is 14.0 Å². The van der Waals surface area contributed by atoms with Crippen LogP contribution in [0.4, 0.5) is 23.0 Å². The third kappa shape index (κ3) is 5.41. The second kappa shape index (κ2) is 11.9. The number of benzene rings is 1. The molecule has 0 atom stereocenters. The maximum absolute atomic E-state index is 13.4. The highest BCUT2D eigenvalue weighted by molar-refractivity contribution is 7.92. The highest BCUT2D eigenvalue weighted by atomic mass is 32.2. The van der Waals surface area contributed by atoms with Crippen molar-refractivity contribution in [3.63, 3.8) is 0 Å². The molecule has 0 saturated carbocycles. The number of hydrogen-bond acceptors (Lipinski definition) is 9. The number of pyridine rings is 2. The summed E-state index contributed by atoms with van der Waals surface area (Å²) in [6.07, 6.45) is 4.45. The van der Waals surface area contributed by atoms with Crippen LogP contribution in [0.15, 0.2) is 48.8 Å².